The number of rotatable bonds is 11. The molecule has 2 aliphatic rings. The first-order valence-corrected chi connectivity index (χ1v) is 18.3. The Morgan fingerprint density at radius 1 is 0.740 bits per heavy atom. The highest BCUT2D eigenvalue weighted by molar-refractivity contribution is 5.77. The van der Waals surface area contributed by atoms with Gasteiger partial charge in [-0.15, -0.1) is 0 Å². The first-order chi connectivity index (χ1) is 24.3. The maximum atomic E-state index is 14.7. The molecule has 0 aromatic heterocycles. The van der Waals surface area contributed by atoms with Gasteiger partial charge in [0, 0.05) is 5.92 Å². The third-order valence-corrected chi connectivity index (χ3v) is 11.0. The van der Waals surface area contributed by atoms with Crippen molar-refractivity contribution in [3.63, 3.8) is 0 Å². The highest BCUT2D eigenvalue weighted by Crippen LogP contribution is 2.44. The van der Waals surface area contributed by atoms with Crippen molar-refractivity contribution in [2.24, 2.45) is 23.7 Å². The minimum atomic E-state index is -0.561. The predicted octanol–water partition coefficient (Wildman–Crippen LogP) is 9.66. The van der Waals surface area contributed by atoms with E-state index >= 15 is 0 Å². The molecule has 1 amide bonds. The quantitative estimate of drug-likeness (QED) is 0.128. The third-order valence-electron chi connectivity index (χ3n) is 11.0. The number of amides is 1. The summed E-state index contributed by atoms with van der Waals surface area (Å²) in [7, 11) is 0. The van der Waals surface area contributed by atoms with Crippen molar-refractivity contribution in [1.82, 2.24) is 5.32 Å². The molecule has 5 nitrogen and oxygen atoms in total. The zero-order valence-corrected chi connectivity index (χ0v) is 29.7. The smallest absolute Gasteiger partial charge is 0.407 e. The van der Waals surface area contributed by atoms with E-state index in [0.29, 0.717) is 18.8 Å². The summed E-state index contributed by atoms with van der Waals surface area (Å²) in [4.78, 5) is 28.2. The topological polar surface area (TPSA) is 64.6 Å². The zero-order chi connectivity index (χ0) is 34.9. The van der Waals surface area contributed by atoms with Crippen LogP contribution in [0.5, 0.6) is 0 Å². The Morgan fingerprint density at radius 3 is 1.96 bits per heavy atom. The average Bonchev–Trinajstić information content (AvgIpc) is 3.13. The molecule has 0 bridgehead atoms. The van der Waals surface area contributed by atoms with Crippen LogP contribution in [0, 0.1) is 23.7 Å². The summed E-state index contributed by atoms with van der Waals surface area (Å²) in [5.74, 6) is -0.0510. The fourth-order valence-corrected chi connectivity index (χ4v) is 8.17. The maximum Gasteiger partial charge on any atom is 0.407 e. The Kier molecular flexibility index (Phi) is 11.5. The standard InChI is InChI=1S/C45H51NO4/c1-32-24-25-40(45(2,3)38-22-14-7-15-23-38)41(26-32)50-43(47)39-30-36(27-33-16-8-4-9-17-33)29-37(28-34-18-10-5-11-19-34)42(39)46-44(48)49-31-35-20-12-6-13-21-35/h4-23,29,32,36,39-42H,24-28,30-31H2,1-3H3,(H,46,48)/t32-,36+,39+,40-,41-,42-/m1/s1. The molecule has 4 aromatic carbocycles. The number of allylic oxidation sites excluding steroid dienone is 1. The first kappa shape index (κ1) is 35.2. The normalized spacial score (nSPS) is 23.7. The van der Waals surface area contributed by atoms with Gasteiger partial charge in [0.05, 0.1) is 12.0 Å². The lowest BCUT2D eigenvalue weighted by Crippen LogP contribution is -2.50. The molecule has 0 radical (unpaired) electrons. The number of hydrogen-bond acceptors (Lipinski definition) is 4. The lowest BCUT2D eigenvalue weighted by atomic mass is 9.64. The minimum Gasteiger partial charge on any atom is -0.462 e. The van der Waals surface area contributed by atoms with Crippen molar-refractivity contribution in [2.75, 3.05) is 0 Å². The van der Waals surface area contributed by atoms with Crippen molar-refractivity contribution >= 4 is 12.1 Å². The Hall–Kier alpha value is -4.64. The number of esters is 1. The molecule has 50 heavy (non-hydrogen) atoms. The number of ether oxygens (including phenoxy) is 2. The molecule has 6 atom stereocenters. The van der Waals surface area contributed by atoms with Gasteiger partial charge in [-0.1, -0.05) is 155 Å². The van der Waals surface area contributed by atoms with Crippen molar-refractivity contribution in [2.45, 2.75) is 83.5 Å². The van der Waals surface area contributed by atoms with E-state index in [-0.39, 0.29) is 35.9 Å². The second-order valence-corrected chi connectivity index (χ2v) is 15.0. The van der Waals surface area contributed by atoms with E-state index in [1.165, 1.54) is 11.1 Å². The summed E-state index contributed by atoms with van der Waals surface area (Å²) in [5.41, 5.74) is 5.35. The lowest BCUT2D eigenvalue weighted by molar-refractivity contribution is -0.163. The van der Waals surface area contributed by atoms with E-state index in [1.54, 1.807) is 0 Å². The van der Waals surface area contributed by atoms with Crippen LogP contribution in [0.4, 0.5) is 4.79 Å². The van der Waals surface area contributed by atoms with Crippen LogP contribution in [-0.4, -0.2) is 24.2 Å². The summed E-state index contributed by atoms with van der Waals surface area (Å²) in [6, 6.07) is 40.4. The van der Waals surface area contributed by atoms with Gasteiger partial charge in [0.25, 0.3) is 0 Å². The summed E-state index contributed by atoms with van der Waals surface area (Å²) in [6.07, 6.45) is 6.46. The highest BCUT2D eigenvalue weighted by atomic mass is 16.6. The second kappa shape index (κ2) is 16.4. The molecule has 0 saturated heterocycles. The fraction of sp³-hybridized carbons (Fsp3) is 0.378. The van der Waals surface area contributed by atoms with Gasteiger partial charge in [-0.05, 0) is 77.2 Å². The number of alkyl carbamates (subject to hydrolysis) is 1. The van der Waals surface area contributed by atoms with Gasteiger partial charge >= 0.3 is 12.1 Å². The Bertz CT molecular complexity index is 1700. The highest BCUT2D eigenvalue weighted by Gasteiger charge is 2.45. The summed E-state index contributed by atoms with van der Waals surface area (Å²) in [6.45, 7) is 6.98. The molecule has 2 aliphatic carbocycles. The third kappa shape index (κ3) is 8.93. The van der Waals surface area contributed by atoms with Crippen molar-refractivity contribution in [3.05, 3.63) is 155 Å². The van der Waals surface area contributed by atoms with E-state index in [2.05, 4.69) is 92.8 Å². The maximum absolute atomic E-state index is 14.7. The van der Waals surface area contributed by atoms with Crippen LogP contribution < -0.4 is 5.32 Å². The molecular formula is C45H51NO4. The SMILES string of the molecule is C[C@@H]1CC[C@@H](C(C)(C)c2ccccc2)[C@H](OC(=O)[C@H]2C[C@@H](Cc3ccccc3)C=C(Cc3ccccc3)[C@H]2NC(=O)OCc2ccccc2)C1. The monoisotopic (exact) mass is 669 g/mol. The number of benzene rings is 4. The number of nitrogens with one attached hydrogen (secondary N) is 1. The fourth-order valence-electron chi connectivity index (χ4n) is 8.17. The van der Waals surface area contributed by atoms with Gasteiger partial charge < -0.3 is 14.8 Å². The number of carbonyl (C=O) groups is 2. The summed E-state index contributed by atoms with van der Waals surface area (Å²) < 4.78 is 12.4. The van der Waals surface area contributed by atoms with Crippen molar-refractivity contribution in [3.8, 4) is 0 Å². The van der Waals surface area contributed by atoms with Gasteiger partial charge in [0.1, 0.15) is 12.7 Å². The van der Waals surface area contributed by atoms with Crippen LogP contribution >= 0.6 is 0 Å². The number of carbonyl (C=O) groups excluding carboxylic acids is 2. The molecule has 0 heterocycles. The molecule has 0 aliphatic heterocycles. The molecule has 5 heteroatoms. The van der Waals surface area contributed by atoms with E-state index < -0.39 is 18.1 Å². The van der Waals surface area contributed by atoms with E-state index in [1.807, 2.05) is 60.7 Å². The van der Waals surface area contributed by atoms with E-state index in [9.17, 15) is 9.59 Å². The van der Waals surface area contributed by atoms with Crippen LogP contribution in [0.15, 0.2) is 133 Å². The van der Waals surface area contributed by atoms with Gasteiger partial charge in [-0.25, -0.2) is 4.79 Å². The zero-order valence-electron chi connectivity index (χ0n) is 29.7. The van der Waals surface area contributed by atoms with Gasteiger partial charge in [-0.3, -0.25) is 4.79 Å². The van der Waals surface area contributed by atoms with Crippen LogP contribution in [0.25, 0.3) is 0 Å². The molecule has 0 spiro atoms. The lowest BCUT2D eigenvalue weighted by Gasteiger charge is -2.45. The summed E-state index contributed by atoms with van der Waals surface area (Å²) >= 11 is 0. The molecule has 260 valence electrons. The Labute approximate surface area is 298 Å². The summed E-state index contributed by atoms with van der Waals surface area (Å²) in [5, 5.41) is 3.16. The Balaban J connectivity index is 1.30. The van der Waals surface area contributed by atoms with Crippen LogP contribution in [0.3, 0.4) is 0 Å². The van der Waals surface area contributed by atoms with Crippen molar-refractivity contribution < 1.29 is 19.1 Å². The van der Waals surface area contributed by atoms with Crippen LogP contribution in [-0.2, 0) is 39.1 Å². The second-order valence-electron chi connectivity index (χ2n) is 15.0. The van der Waals surface area contributed by atoms with Gasteiger partial charge in [-0.2, -0.15) is 0 Å². The molecule has 1 fully saturated rings. The Morgan fingerprint density at radius 2 is 1.32 bits per heavy atom. The average molecular weight is 670 g/mol. The van der Waals surface area contributed by atoms with Crippen LogP contribution in [0.1, 0.15) is 68.7 Å². The van der Waals surface area contributed by atoms with Gasteiger partial charge in [0.15, 0.2) is 0 Å². The molecule has 6 rings (SSSR count). The van der Waals surface area contributed by atoms with Crippen LogP contribution in [0.2, 0.25) is 0 Å². The molecular weight excluding hydrogens is 618 g/mol. The van der Waals surface area contributed by atoms with E-state index in [4.69, 9.17) is 9.47 Å². The molecule has 0 unspecified atom stereocenters. The molecule has 1 N–H and O–H groups in total. The van der Waals surface area contributed by atoms with Crippen molar-refractivity contribution in [1.29, 1.82) is 0 Å². The van der Waals surface area contributed by atoms with E-state index in [0.717, 1.165) is 42.4 Å². The van der Waals surface area contributed by atoms with Gasteiger partial charge in [0.2, 0.25) is 0 Å². The minimum absolute atomic E-state index is 0.105. The largest absolute Gasteiger partial charge is 0.462 e. The molecule has 4 aromatic rings. The number of hydrogen-bond donors (Lipinski definition) is 1. The molecule has 1 saturated carbocycles. The first-order valence-electron chi connectivity index (χ1n) is 18.3. The predicted molar refractivity (Wildman–Crippen MR) is 199 cm³/mol.